The van der Waals surface area contributed by atoms with Crippen molar-refractivity contribution in [1.29, 1.82) is 0 Å². The summed E-state index contributed by atoms with van der Waals surface area (Å²) in [7, 11) is 0. The molecule has 0 bridgehead atoms. The molecule has 1 aliphatic rings. The van der Waals surface area contributed by atoms with Crippen LogP contribution in [0, 0.1) is 0 Å². The minimum atomic E-state index is -0.00294. The van der Waals surface area contributed by atoms with Crippen LogP contribution in [0.15, 0.2) is 0 Å². The first-order chi connectivity index (χ1) is 9.83. The SMILES string of the molecule is CCCCCCCCCCCCSC1CCOC(=O)C1. The molecule has 1 rings (SSSR count). The van der Waals surface area contributed by atoms with Gasteiger partial charge >= 0.3 is 5.97 Å². The predicted octanol–water partition coefficient (Wildman–Crippen LogP) is 5.35. The zero-order valence-electron chi connectivity index (χ0n) is 13.2. The van der Waals surface area contributed by atoms with Crippen molar-refractivity contribution in [3.05, 3.63) is 0 Å². The fourth-order valence-electron chi connectivity index (χ4n) is 2.63. The number of unbranched alkanes of at least 4 members (excludes halogenated alkanes) is 9. The Morgan fingerprint density at radius 3 is 2.20 bits per heavy atom. The van der Waals surface area contributed by atoms with E-state index in [2.05, 4.69) is 6.92 Å². The van der Waals surface area contributed by atoms with E-state index in [1.807, 2.05) is 11.8 Å². The molecule has 1 aliphatic heterocycles. The first-order valence-electron chi connectivity index (χ1n) is 8.60. The maximum Gasteiger partial charge on any atom is 0.306 e. The van der Waals surface area contributed by atoms with Crippen molar-refractivity contribution in [2.75, 3.05) is 12.4 Å². The lowest BCUT2D eigenvalue weighted by molar-refractivity contribution is -0.146. The standard InChI is InChI=1S/C17H32O2S/c1-2-3-4-5-6-7-8-9-10-11-14-20-16-12-13-19-17(18)15-16/h16H,2-15H2,1H3. The third kappa shape index (κ3) is 9.68. The van der Waals surface area contributed by atoms with Crippen molar-refractivity contribution in [3.8, 4) is 0 Å². The molecule has 0 spiro atoms. The van der Waals surface area contributed by atoms with E-state index in [-0.39, 0.29) is 5.97 Å². The highest BCUT2D eigenvalue weighted by molar-refractivity contribution is 7.99. The van der Waals surface area contributed by atoms with E-state index < -0.39 is 0 Å². The fraction of sp³-hybridized carbons (Fsp3) is 0.941. The molecule has 0 aromatic carbocycles. The summed E-state index contributed by atoms with van der Waals surface area (Å²) in [5.41, 5.74) is 0. The number of rotatable bonds is 12. The Morgan fingerprint density at radius 1 is 1.00 bits per heavy atom. The number of carbonyl (C=O) groups is 1. The van der Waals surface area contributed by atoms with Gasteiger partial charge in [0.2, 0.25) is 0 Å². The number of thioether (sulfide) groups is 1. The van der Waals surface area contributed by atoms with Gasteiger partial charge < -0.3 is 4.74 Å². The van der Waals surface area contributed by atoms with E-state index in [0.29, 0.717) is 18.3 Å². The van der Waals surface area contributed by atoms with Crippen LogP contribution in [0.5, 0.6) is 0 Å². The van der Waals surface area contributed by atoms with Gasteiger partial charge in [0.05, 0.1) is 13.0 Å². The molecular weight excluding hydrogens is 268 g/mol. The summed E-state index contributed by atoms with van der Waals surface area (Å²) in [6, 6.07) is 0. The molecule has 1 atom stereocenters. The van der Waals surface area contributed by atoms with Crippen molar-refractivity contribution in [2.45, 2.75) is 89.2 Å². The number of ether oxygens (including phenoxy) is 1. The van der Waals surface area contributed by atoms with Crippen LogP contribution >= 0.6 is 11.8 Å². The van der Waals surface area contributed by atoms with Gasteiger partial charge in [-0.05, 0) is 18.6 Å². The van der Waals surface area contributed by atoms with Gasteiger partial charge in [0, 0.05) is 5.25 Å². The Morgan fingerprint density at radius 2 is 1.60 bits per heavy atom. The number of hydrogen-bond acceptors (Lipinski definition) is 3. The molecule has 0 aromatic rings. The summed E-state index contributed by atoms with van der Waals surface area (Å²) < 4.78 is 4.96. The van der Waals surface area contributed by atoms with E-state index in [1.54, 1.807) is 0 Å². The number of cyclic esters (lactones) is 1. The molecule has 0 aromatic heterocycles. The zero-order chi connectivity index (χ0) is 14.5. The maximum absolute atomic E-state index is 11.1. The van der Waals surface area contributed by atoms with Crippen LogP contribution in [0.25, 0.3) is 0 Å². The van der Waals surface area contributed by atoms with Crippen molar-refractivity contribution < 1.29 is 9.53 Å². The van der Waals surface area contributed by atoms with Crippen molar-refractivity contribution >= 4 is 17.7 Å². The van der Waals surface area contributed by atoms with Gasteiger partial charge in [-0.15, -0.1) is 0 Å². The molecule has 1 heterocycles. The van der Waals surface area contributed by atoms with Crippen molar-refractivity contribution in [2.24, 2.45) is 0 Å². The van der Waals surface area contributed by atoms with E-state index in [4.69, 9.17) is 4.74 Å². The highest BCUT2D eigenvalue weighted by atomic mass is 32.2. The van der Waals surface area contributed by atoms with Crippen LogP contribution in [0.4, 0.5) is 0 Å². The minimum absolute atomic E-state index is 0.00294. The molecule has 1 unspecified atom stereocenters. The second-order valence-corrected chi connectivity index (χ2v) is 7.30. The molecule has 1 saturated heterocycles. The Labute approximate surface area is 129 Å². The van der Waals surface area contributed by atoms with Crippen LogP contribution < -0.4 is 0 Å². The number of esters is 1. The van der Waals surface area contributed by atoms with Crippen molar-refractivity contribution in [1.82, 2.24) is 0 Å². The molecule has 2 nitrogen and oxygen atoms in total. The van der Waals surface area contributed by atoms with Crippen LogP contribution in [-0.2, 0) is 9.53 Å². The van der Waals surface area contributed by atoms with Gasteiger partial charge in [-0.2, -0.15) is 11.8 Å². The number of hydrogen-bond donors (Lipinski definition) is 0. The summed E-state index contributed by atoms with van der Waals surface area (Å²) in [5.74, 6) is 1.21. The van der Waals surface area contributed by atoms with E-state index in [0.717, 1.165) is 6.42 Å². The van der Waals surface area contributed by atoms with Gasteiger partial charge in [0.25, 0.3) is 0 Å². The quantitative estimate of drug-likeness (QED) is 0.359. The van der Waals surface area contributed by atoms with E-state index in [1.165, 1.54) is 70.0 Å². The summed E-state index contributed by atoms with van der Waals surface area (Å²) in [6.45, 7) is 2.91. The molecule has 0 radical (unpaired) electrons. The fourth-order valence-corrected chi connectivity index (χ4v) is 3.85. The first kappa shape index (κ1) is 17.9. The minimum Gasteiger partial charge on any atom is -0.466 e. The average Bonchev–Trinajstić information content (AvgIpc) is 2.45. The van der Waals surface area contributed by atoms with Crippen LogP contribution in [-0.4, -0.2) is 23.6 Å². The lowest BCUT2D eigenvalue weighted by Crippen LogP contribution is -2.22. The molecule has 3 heteroatoms. The molecule has 0 aliphatic carbocycles. The lowest BCUT2D eigenvalue weighted by Gasteiger charge is -2.20. The van der Waals surface area contributed by atoms with Gasteiger partial charge in [0.15, 0.2) is 0 Å². The normalized spacial score (nSPS) is 19.1. The van der Waals surface area contributed by atoms with Gasteiger partial charge in [-0.25, -0.2) is 0 Å². The third-order valence-electron chi connectivity index (χ3n) is 3.95. The van der Waals surface area contributed by atoms with E-state index in [9.17, 15) is 4.79 Å². The topological polar surface area (TPSA) is 26.3 Å². The monoisotopic (exact) mass is 300 g/mol. The Kier molecular flexibility index (Phi) is 11.2. The zero-order valence-corrected chi connectivity index (χ0v) is 14.0. The molecule has 0 saturated carbocycles. The van der Waals surface area contributed by atoms with Gasteiger partial charge in [-0.3, -0.25) is 4.79 Å². The first-order valence-corrected chi connectivity index (χ1v) is 9.65. The predicted molar refractivity (Wildman–Crippen MR) is 88.3 cm³/mol. The van der Waals surface area contributed by atoms with Gasteiger partial charge in [0.1, 0.15) is 0 Å². The lowest BCUT2D eigenvalue weighted by atomic mass is 10.1. The largest absolute Gasteiger partial charge is 0.466 e. The smallest absolute Gasteiger partial charge is 0.306 e. The summed E-state index contributed by atoms with van der Waals surface area (Å²) in [4.78, 5) is 11.1. The summed E-state index contributed by atoms with van der Waals surface area (Å²) in [6.07, 6.45) is 15.6. The number of carbonyl (C=O) groups excluding carboxylic acids is 1. The third-order valence-corrected chi connectivity index (χ3v) is 5.35. The molecule has 0 N–H and O–H groups in total. The van der Waals surface area contributed by atoms with Crippen LogP contribution in [0.1, 0.15) is 84.0 Å². The second-order valence-electron chi connectivity index (χ2n) is 5.89. The second kappa shape index (κ2) is 12.6. The highest BCUT2D eigenvalue weighted by Crippen LogP contribution is 2.24. The van der Waals surface area contributed by atoms with Crippen LogP contribution in [0.2, 0.25) is 0 Å². The Balaban J connectivity index is 1.77. The average molecular weight is 301 g/mol. The highest BCUT2D eigenvalue weighted by Gasteiger charge is 2.20. The van der Waals surface area contributed by atoms with Gasteiger partial charge in [-0.1, -0.05) is 64.7 Å². The Bertz CT molecular complexity index is 243. The molecular formula is C17H32O2S. The molecule has 1 fully saturated rings. The Hall–Kier alpha value is -0.180. The maximum atomic E-state index is 11.1. The van der Waals surface area contributed by atoms with E-state index >= 15 is 0 Å². The summed E-state index contributed by atoms with van der Waals surface area (Å²) >= 11 is 1.98. The van der Waals surface area contributed by atoms with Crippen LogP contribution in [0.3, 0.4) is 0 Å². The molecule has 118 valence electrons. The summed E-state index contributed by atoms with van der Waals surface area (Å²) in [5, 5.41) is 0.523. The van der Waals surface area contributed by atoms with Crippen molar-refractivity contribution in [3.63, 3.8) is 0 Å². The molecule has 0 amide bonds. The molecule has 20 heavy (non-hydrogen) atoms.